The molecule has 1 aromatic heterocycles. The van der Waals surface area contributed by atoms with Crippen molar-refractivity contribution in [3.8, 4) is 6.07 Å². The first-order valence-electron chi connectivity index (χ1n) is 12.6. The number of hydrogen-bond donors (Lipinski definition) is 1. The minimum atomic E-state index is -3.66. The molecule has 11 heteroatoms. The van der Waals surface area contributed by atoms with Crippen LogP contribution in [-0.4, -0.2) is 55.9 Å². The topological polar surface area (TPSA) is 120 Å². The molecule has 200 valence electrons. The predicted octanol–water partition coefficient (Wildman–Crippen LogP) is 4.98. The van der Waals surface area contributed by atoms with Gasteiger partial charge in [0.15, 0.2) is 0 Å². The number of rotatable bonds is 11. The second kappa shape index (κ2) is 13.0. The Morgan fingerprint density at radius 2 is 1.78 bits per heavy atom. The predicted molar refractivity (Wildman–Crippen MR) is 143 cm³/mol. The summed E-state index contributed by atoms with van der Waals surface area (Å²) < 4.78 is 33.0. The Morgan fingerprint density at radius 1 is 1.14 bits per heavy atom. The number of carbonyl (C=O) groups is 2. The SMILES string of the molecule is CCCCN(CCCC)S(=O)(=O)c1ccc(C(=O)Nc2sc3c(c2C#N)CCN(C(=O)OCC)C3)cc1. The van der Waals surface area contributed by atoms with Gasteiger partial charge in [0, 0.05) is 30.1 Å². The molecule has 0 saturated carbocycles. The molecule has 0 bridgehead atoms. The average Bonchev–Trinajstić information content (AvgIpc) is 3.24. The third-order valence-corrected chi connectivity index (χ3v) is 9.24. The molecule has 0 aliphatic carbocycles. The highest BCUT2D eigenvalue weighted by Crippen LogP contribution is 2.37. The first-order chi connectivity index (χ1) is 17.8. The smallest absolute Gasteiger partial charge is 0.410 e. The van der Waals surface area contributed by atoms with E-state index in [0.29, 0.717) is 43.2 Å². The molecule has 2 aromatic rings. The van der Waals surface area contributed by atoms with E-state index in [1.54, 1.807) is 11.8 Å². The van der Waals surface area contributed by atoms with Gasteiger partial charge < -0.3 is 15.0 Å². The summed E-state index contributed by atoms with van der Waals surface area (Å²) in [5.41, 5.74) is 1.53. The molecule has 1 aliphatic heterocycles. The number of nitrogens with zero attached hydrogens (tertiary/aromatic N) is 3. The Hall–Kier alpha value is -2.94. The fourth-order valence-electron chi connectivity index (χ4n) is 4.10. The molecule has 0 unspecified atom stereocenters. The molecular formula is C26H34N4O5S2. The van der Waals surface area contributed by atoms with Gasteiger partial charge in [-0.3, -0.25) is 4.79 Å². The molecule has 1 N–H and O–H groups in total. The van der Waals surface area contributed by atoms with E-state index in [1.165, 1.54) is 39.9 Å². The number of amides is 2. The molecule has 0 radical (unpaired) electrons. The second-order valence-corrected chi connectivity index (χ2v) is 11.8. The summed E-state index contributed by atoms with van der Waals surface area (Å²) in [7, 11) is -3.66. The molecule has 2 amide bonds. The minimum Gasteiger partial charge on any atom is -0.450 e. The van der Waals surface area contributed by atoms with Crippen LogP contribution in [0.4, 0.5) is 9.80 Å². The number of benzene rings is 1. The third kappa shape index (κ3) is 6.69. The standard InChI is InChI=1S/C26H34N4O5S2/c1-4-7-14-30(15-8-5-2)37(33,34)20-11-9-19(10-12-20)24(31)28-25-22(17-27)21-13-16-29(18-23(21)36-25)26(32)35-6-3/h9-12H,4-8,13-16,18H2,1-3H3,(H,28,31). The molecule has 2 heterocycles. The van der Waals surface area contributed by atoms with Gasteiger partial charge in [-0.25, -0.2) is 13.2 Å². The van der Waals surface area contributed by atoms with E-state index in [4.69, 9.17) is 4.74 Å². The van der Waals surface area contributed by atoms with Crippen molar-refractivity contribution in [1.82, 2.24) is 9.21 Å². The van der Waals surface area contributed by atoms with Gasteiger partial charge in [-0.2, -0.15) is 9.57 Å². The van der Waals surface area contributed by atoms with Gasteiger partial charge in [-0.05, 0) is 56.0 Å². The number of fused-ring (bicyclic) bond motifs is 1. The highest BCUT2D eigenvalue weighted by Gasteiger charge is 2.28. The number of anilines is 1. The van der Waals surface area contributed by atoms with Crippen LogP contribution in [-0.2, 0) is 27.7 Å². The van der Waals surface area contributed by atoms with E-state index in [0.717, 1.165) is 36.1 Å². The maximum absolute atomic E-state index is 13.2. The number of thiophene rings is 1. The number of hydrogen-bond acceptors (Lipinski definition) is 7. The summed E-state index contributed by atoms with van der Waals surface area (Å²) in [5, 5.41) is 13.0. The van der Waals surface area contributed by atoms with Gasteiger partial charge in [0.1, 0.15) is 11.1 Å². The van der Waals surface area contributed by atoms with Crippen LogP contribution in [0.2, 0.25) is 0 Å². The van der Waals surface area contributed by atoms with Crippen LogP contribution >= 0.6 is 11.3 Å². The normalized spacial score (nSPS) is 13.2. The number of carbonyl (C=O) groups excluding carboxylic acids is 2. The fraction of sp³-hybridized carbons (Fsp3) is 0.500. The van der Waals surface area contributed by atoms with Gasteiger partial charge >= 0.3 is 6.09 Å². The summed E-state index contributed by atoms with van der Waals surface area (Å²) in [5.74, 6) is -0.435. The lowest BCUT2D eigenvalue weighted by molar-refractivity contribution is 0.102. The molecule has 1 aromatic carbocycles. The van der Waals surface area contributed by atoms with Crippen LogP contribution in [0.3, 0.4) is 0 Å². The zero-order chi connectivity index (χ0) is 27.0. The van der Waals surface area contributed by atoms with Crippen LogP contribution in [0.25, 0.3) is 0 Å². The lowest BCUT2D eigenvalue weighted by Gasteiger charge is -2.25. The van der Waals surface area contributed by atoms with E-state index in [9.17, 15) is 23.3 Å². The van der Waals surface area contributed by atoms with Crippen molar-refractivity contribution < 1.29 is 22.7 Å². The van der Waals surface area contributed by atoms with Crippen molar-refractivity contribution >= 4 is 38.4 Å². The molecule has 0 atom stereocenters. The lowest BCUT2D eigenvalue weighted by atomic mass is 10.0. The fourth-order valence-corrected chi connectivity index (χ4v) is 6.83. The van der Waals surface area contributed by atoms with E-state index < -0.39 is 22.0 Å². The highest BCUT2D eigenvalue weighted by molar-refractivity contribution is 7.89. The summed E-state index contributed by atoms with van der Waals surface area (Å²) >= 11 is 1.27. The third-order valence-electron chi connectivity index (χ3n) is 6.20. The first-order valence-corrected chi connectivity index (χ1v) is 14.9. The number of nitrogens with one attached hydrogen (secondary N) is 1. The van der Waals surface area contributed by atoms with Crippen LogP contribution in [0.1, 0.15) is 72.8 Å². The Labute approximate surface area is 223 Å². The summed E-state index contributed by atoms with van der Waals surface area (Å²) in [6.45, 7) is 7.77. The Balaban J connectivity index is 1.76. The number of nitriles is 1. The quantitative estimate of drug-likeness (QED) is 0.425. The van der Waals surface area contributed by atoms with Gasteiger partial charge in [0.05, 0.1) is 23.6 Å². The van der Waals surface area contributed by atoms with Crippen LogP contribution in [0.5, 0.6) is 0 Å². The molecule has 37 heavy (non-hydrogen) atoms. The van der Waals surface area contributed by atoms with E-state index >= 15 is 0 Å². The van der Waals surface area contributed by atoms with Crippen molar-refractivity contribution in [3.63, 3.8) is 0 Å². The number of ether oxygens (including phenoxy) is 1. The van der Waals surface area contributed by atoms with E-state index in [2.05, 4.69) is 11.4 Å². The lowest BCUT2D eigenvalue weighted by Crippen LogP contribution is -2.35. The summed E-state index contributed by atoms with van der Waals surface area (Å²) in [4.78, 5) is 27.6. The van der Waals surface area contributed by atoms with E-state index in [-0.39, 0.29) is 17.1 Å². The minimum absolute atomic E-state index is 0.152. The van der Waals surface area contributed by atoms with Crippen molar-refractivity contribution in [1.29, 1.82) is 5.26 Å². The Kier molecular flexibility index (Phi) is 10.1. The van der Waals surface area contributed by atoms with Crippen molar-refractivity contribution in [2.75, 3.05) is 31.6 Å². The van der Waals surface area contributed by atoms with Gasteiger partial charge in [-0.15, -0.1) is 11.3 Å². The first kappa shape index (κ1) is 28.6. The zero-order valence-corrected chi connectivity index (χ0v) is 23.2. The van der Waals surface area contributed by atoms with Crippen molar-refractivity contribution in [2.45, 2.75) is 64.3 Å². The Bertz CT molecular complexity index is 1240. The van der Waals surface area contributed by atoms with Crippen LogP contribution in [0.15, 0.2) is 29.2 Å². The van der Waals surface area contributed by atoms with Crippen molar-refractivity contribution in [3.05, 3.63) is 45.8 Å². The number of unbranched alkanes of at least 4 members (excludes halogenated alkanes) is 2. The van der Waals surface area contributed by atoms with Gasteiger partial charge in [-0.1, -0.05) is 26.7 Å². The zero-order valence-electron chi connectivity index (χ0n) is 21.6. The van der Waals surface area contributed by atoms with E-state index in [1.807, 2.05) is 13.8 Å². The van der Waals surface area contributed by atoms with Crippen molar-refractivity contribution in [2.24, 2.45) is 0 Å². The highest BCUT2D eigenvalue weighted by atomic mass is 32.2. The summed E-state index contributed by atoms with van der Waals surface area (Å²) in [6.07, 6.45) is 3.47. The maximum Gasteiger partial charge on any atom is 0.410 e. The molecule has 1 aliphatic rings. The molecule has 0 saturated heterocycles. The molecule has 9 nitrogen and oxygen atoms in total. The number of sulfonamides is 1. The molecule has 0 fully saturated rings. The summed E-state index contributed by atoms with van der Waals surface area (Å²) in [6, 6.07) is 8.07. The average molecular weight is 547 g/mol. The largest absolute Gasteiger partial charge is 0.450 e. The molecule has 3 rings (SSSR count). The van der Waals surface area contributed by atoms with Crippen LogP contribution < -0.4 is 5.32 Å². The van der Waals surface area contributed by atoms with Gasteiger partial charge in [0.2, 0.25) is 10.0 Å². The molecule has 0 spiro atoms. The van der Waals surface area contributed by atoms with Crippen LogP contribution in [0, 0.1) is 11.3 Å². The molecular weight excluding hydrogens is 512 g/mol. The Morgan fingerprint density at radius 3 is 2.35 bits per heavy atom. The monoisotopic (exact) mass is 546 g/mol. The maximum atomic E-state index is 13.2. The van der Waals surface area contributed by atoms with Gasteiger partial charge in [0.25, 0.3) is 5.91 Å². The second-order valence-electron chi connectivity index (χ2n) is 8.78.